The van der Waals surface area contributed by atoms with E-state index in [2.05, 4.69) is 29.2 Å². The number of rotatable bonds is 7. The van der Waals surface area contributed by atoms with Crippen molar-refractivity contribution in [3.63, 3.8) is 0 Å². The lowest BCUT2D eigenvalue weighted by Crippen LogP contribution is -2.28. The fourth-order valence-corrected chi connectivity index (χ4v) is 4.40. The van der Waals surface area contributed by atoms with Gasteiger partial charge in [-0.05, 0) is 47.0 Å². The van der Waals surface area contributed by atoms with Crippen LogP contribution in [0.3, 0.4) is 0 Å². The second-order valence-corrected chi connectivity index (χ2v) is 8.45. The Bertz CT molecular complexity index is 1520. The third kappa shape index (κ3) is 4.75. The summed E-state index contributed by atoms with van der Waals surface area (Å²) in [7, 11) is 1.50. The highest BCUT2D eigenvalue weighted by Gasteiger charge is 2.16. The van der Waals surface area contributed by atoms with E-state index >= 15 is 0 Å². The molecule has 35 heavy (non-hydrogen) atoms. The molecule has 5 rings (SSSR count). The van der Waals surface area contributed by atoms with Gasteiger partial charge >= 0.3 is 0 Å². The molecule has 0 aliphatic carbocycles. The number of benzene rings is 4. The Morgan fingerprint density at radius 3 is 2.51 bits per heavy atom. The number of nitrogens with one attached hydrogen (secondary N) is 1. The molecular weight excluding hydrogens is 436 g/mol. The Balaban J connectivity index is 1.49. The number of hydrogen-bond donors (Lipinski definition) is 2. The normalized spacial score (nSPS) is 11.3. The maximum absolute atomic E-state index is 13.4. The fourth-order valence-electron chi connectivity index (χ4n) is 4.40. The molecule has 0 radical (unpaired) electrons. The summed E-state index contributed by atoms with van der Waals surface area (Å²) in [5.74, 6) is 0.331. The topological polar surface area (TPSA) is 65.6 Å². The molecule has 1 heterocycles. The van der Waals surface area contributed by atoms with Gasteiger partial charge in [-0.2, -0.15) is 0 Å². The van der Waals surface area contributed by atoms with Gasteiger partial charge in [0.15, 0.2) is 11.5 Å². The molecule has 5 heteroatoms. The van der Waals surface area contributed by atoms with Gasteiger partial charge in [-0.3, -0.25) is 4.79 Å². The lowest BCUT2D eigenvalue weighted by atomic mass is 10.1. The van der Waals surface area contributed by atoms with Gasteiger partial charge in [-0.1, -0.05) is 66.7 Å². The van der Waals surface area contributed by atoms with Crippen LogP contribution in [0.5, 0.6) is 11.5 Å². The zero-order chi connectivity index (χ0) is 24.2. The summed E-state index contributed by atoms with van der Waals surface area (Å²) in [6, 6.07) is 29.4. The maximum atomic E-state index is 13.4. The van der Waals surface area contributed by atoms with Crippen LogP contribution < -0.4 is 4.74 Å². The molecule has 0 spiro atoms. The molecule has 4 aromatic carbocycles. The van der Waals surface area contributed by atoms with E-state index in [0.29, 0.717) is 18.8 Å². The van der Waals surface area contributed by atoms with Crippen LogP contribution in [-0.2, 0) is 17.9 Å². The molecule has 0 unspecified atom stereocenters. The van der Waals surface area contributed by atoms with Crippen molar-refractivity contribution >= 4 is 33.8 Å². The summed E-state index contributed by atoms with van der Waals surface area (Å²) < 4.78 is 5.18. The second-order valence-electron chi connectivity index (χ2n) is 8.45. The molecule has 2 N–H and O–H groups in total. The van der Waals surface area contributed by atoms with Crippen molar-refractivity contribution in [1.82, 2.24) is 9.88 Å². The zero-order valence-electron chi connectivity index (χ0n) is 19.4. The number of hydrogen-bond acceptors (Lipinski definition) is 3. The number of carbonyl (C=O) groups is 1. The Morgan fingerprint density at radius 1 is 0.914 bits per heavy atom. The summed E-state index contributed by atoms with van der Waals surface area (Å²) in [6.07, 6.45) is 3.32. The first kappa shape index (κ1) is 22.3. The van der Waals surface area contributed by atoms with Gasteiger partial charge in [0.25, 0.3) is 0 Å². The zero-order valence-corrected chi connectivity index (χ0v) is 19.4. The second kappa shape index (κ2) is 9.77. The number of fused-ring (bicyclic) bond motifs is 3. The van der Waals surface area contributed by atoms with Gasteiger partial charge in [0.2, 0.25) is 5.91 Å². The van der Waals surface area contributed by atoms with Gasteiger partial charge in [0, 0.05) is 41.0 Å². The van der Waals surface area contributed by atoms with Gasteiger partial charge in [-0.25, -0.2) is 0 Å². The number of ether oxygens (including phenoxy) is 1. The van der Waals surface area contributed by atoms with E-state index in [0.717, 1.165) is 38.5 Å². The number of methoxy groups -OCH3 is 1. The average molecular weight is 463 g/mol. The van der Waals surface area contributed by atoms with Crippen molar-refractivity contribution in [2.45, 2.75) is 13.1 Å². The third-order valence-corrected chi connectivity index (χ3v) is 6.13. The predicted octanol–water partition coefficient (Wildman–Crippen LogP) is 6.28. The van der Waals surface area contributed by atoms with Crippen LogP contribution in [0.4, 0.5) is 0 Å². The van der Waals surface area contributed by atoms with Crippen molar-refractivity contribution in [1.29, 1.82) is 0 Å². The average Bonchev–Trinajstić information content (AvgIpc) is 3.28. The molecule has 5 aromatic rings. The Hall–Kier alpha value is -4.51. The Morgan fingerprint density at radius 2 is 1.69 bits per heavy atom. The lowest BCUT2D eigenvalue weighted by Gasteiger charge is -2.22. The number of amides is 1. The van der Waals surface area contributed by atoms with Crippen LogP contribution in [0.15, 0.2) is 97.1 Å². The van der Waals surface area contributed by atoms with Crippen LogP contribution in [0.25, 0.3) is 27.9 Å². The van der Waals surface area contributed by atoms with Gasteiger partial charge in [0.05, 0.1) is 7.11 Å². The molecule has 174 valence electrons. The summed E-state index contributed by atoms with van der Waals surface area (Å²) in [4.78, 5) is 18.8. The predicted molar refractivity (Wildman–Crippen MR) is 140 cm³/mol. The van der Waals surface area contributed by atoms with Crippen LogP contribution in [0.2, 0.25) is 0 Å². The van der Waals surface area contributed by atoms with E-state index in [9.17, 15) is 9.90 Å². The Labute approximate surface area is 203 Å². The molecule has 5 nitrogen and oxygen atoms in total. The van der Waals surface area contributed by atoms with Crippen LogP contribution in [0, 0.1) is 0 Å². The summed E-state index contributed by atoms with van der Waals surface area (Å²) in [6.45, 7) is 0.956. The molecule has 1 aromatic heterocycles. The molecule has 0 aliphatic rings. The van der Waals surface area contributed by atoms with Crippen molar-refractivity contribution in [3.8, 4) is 11.5 Å². The number of H-pyrrole nitrogens is 1. The number of phenolic OH excluding ortho intramolecular Hbond substituents is 1. The summed E-state index contributed by atoms with van der Waals surface area (Å²) in [5.41, 5.74) is 5.06. The molecule has 1 amide bonds. The van der Waals surface area contributed by atoms with Crippen LogP contribution in [-0.4, -0.2) is 28.0 Å². The minimum atomic E-state index is -0.0993. The van der Waals surface area contributed by atoms with E-state index in [4.69, 9.17) is 4.74 Å². The van der Waals surface area contributed by atoms with Crippen molar-refractivity contribution in [2.24, 2.45) is 0 Å². The standard InChI is InChI=1S/C30H26N2O3/c1-35-28-18-21(14-16-27(28)33)15-17-29(34)32(19-22-8-3-2-4-9-22)20-23-10-7-13-26-30(23)24-11-5-6-12-25(24)31-26/h2-18,31,33H,19-20H2,1H3/b17-15+. The molecular formula is C30H26N2O3. The fraction of sp³-hybridized carbons (Fsp3) is 0.100. The summed E-state index contributed by atoms with van der Waals surface area (Å²) >= 11 is 0. The van der Waals surface area contributed by atoms with E-state index in [-0.39, 0.29) is 11.7 Å². The molecule has 0 bridgehead atoms. The minimum Gasteiger partial charge on any atom is -0.504 e. The largest absolute Gasteiger partial charge is 0.504 e. The Kier molecular flexibility index (Phi) is 6.22. The SMILES string of the molecule is COc1cc(/C=C/C(=O)N(Cc2ccccc2)Cc2cccc3[nH]c4ccccc4c23)ccc1O. The van der Waals surface area contributed by atoms with E-state index < -0.39 is 0 Å². The van der Waals surface area contributed by atoms with Crippen molar-refractivity contribution in [3.05, 3.63) is 114 Å². The number of aromatic nitrogens is 1. The molecule has 0 aliphatic heterocycles. The van der Waals surface area contributed by atoms with E-state index in [1.807, 2.05) is 53.4 Å². The van der Waals surface area contributed by atoms with Crippen molar-refractivity contribution < 1.29 is 14.6 Å². The van der Waals surface area contributed by atoms with Crippen LogP contribution >= 0.6 is 0 Å². The highest BCUT2D eigenvalue weighted by atomic mass is 16.5. The van der Waals surface area contributed by atoms with Gasteiger partial charge in [-0.15, -0.1) is 0 Å². The van der Waals surface area contributed by atoms with E-state index in [1.54, 1.807) is 30.4 Å². The monoisotopic (exact) mass is 462 g/mol. The van der Waals surface area contributed by atoms with Gasteiger partial charge < -0.3 is 19.7 Å². The smallest absolute Gasteiger partial charge is 0.247 e. The number of para-hydroxylation sites is 1. The number of carbonyl (C=O) groups excluding carboxylic acids is 1. The van der Waals surface area contributed by atoms with Gasteiger partial charge in [0.1, 0.15) is 0 Å². The number of phenols is 1. The molecule has 0 saturated heterocycles. The lowest BCUT2D eigenvalue weighted by molar-refractivity contribution is -0.127. The van der Waals surface area contributed by atoms with E-state index in [1.165, 1.54) is 7.11 Å². The quantitative estimate of drug-likeness (QED) is 0.280. The first-order chi connectivity index (χ1) is 17.1. The van der Waals surface area contributed by atoms with Crippen LogP contribution in [0.1, 0.15) is 16.7 Å². The van der Waals surface area contributed by atoms with Crippen molar-refractivity contribution in [2.75, 3.05) is 7.11 Å². The number of nitrogens with zero attached hydrogens (tertiary/aromatic N) is 1. The molecule has 0 saturated carbocycles. The molecule has 0 atom stereocenters. The maximum Gasteiger partial charge on any atom is 0.247 e. The summed E-state index contributed by atoms with van der Waals surface area (Å²) in [5, 5.41) is 12.1. The first-order valence-corrected chi connectivity index (χ1v) is 11.5. The number of aromatic hydroxyl groups is 1. The third-order valence-electron chi connectivity index (χ3n) is 6.13. The first-order valence-electron chi connectivity index (χ1n) is 11.5. The highest BCUT2D eigenvalue weighted by Crippen LogP contribution is 2.30. The number of aromatic amines is 1. The minimum absolute atomic E-state index is 0.0634. The highest BCUT2D eigenvalue weighted by molar-refractivity contribution is 6.09. The molecule has 0 fully saturated rings.